The SMILES string of the molecule is CCCCCNS(=O)(=O)c1ccc(CC(=O)O)s1. The number of carboxylic acids is 1. The first-order valence-electron chi connectivity index (χ1n) is 5.76. The molecule has 0 aliphatic heterocycles. The predicted molar refractivity (Wildman–Crippen MR) is 70.4 cm³/mol. The monoisotopic (exact) mass is 291 g/mol. The fourth-order valence-electron chi connectivity index (χ4n) is 1.40. The largest absolute Gasteiger partial charge is 0.481 e. The summed E-state index contributed by atoms with van der Waals surface area (Å²) < 4.78 is 26.4. The highest BCUT2D eigenvalue weighted by molar-refractivity contribution is 7.91. The number of unbranched alkanes of at least 4 members (excludes halogenated alkanes) is 2. The van der Waals surface area contributed by atoms with Crippen LogP contribution < -0.4 is 4.72 Å². The van der Waals surface area contributed by atoms with Gasteiger partial charge in [-0.3, -0.25) is 4.79 Å². The van der Waals surface area contributed by atoms with E-state index in [1.54, 1.807) is 6.07 Å². The van der Waals surface area contributed by atoms with E-state index in [1.165, 1.54) is 6.07 Å². The summed E-state index contributed by atoms with van der Waals surface area (Å²) in [4.78, 5) is 11.1. The summed E-state index contributed by atoms with van der Waals surface area (Å²) in [6.07, 6.45) is 2.68. The van der Waals surface area contributed by atoms with Crippen LogP contribution in [0.5, 0.6) is 0 Å². The first-order chi connectivity index (χ1) is 8.45. The molecule has 1 rings (SSSR count). The summed E-state index contributed by atoms with van der Waals surface area (Å²) in [5.41, 5.74) is 0. The van der Waals surface area contributed by atoms with E-state index in [0.717, 1.165) is 30.6 Å². The molecule has 0 aliphatic rings. The molecule has 0 amide bonds. The van der Waals surface area contributed by atoms with Crippen molar-refractivity contribution in [2.75, 3.05) is 6.54 Å². The number of rotatable bonds is 8. The lowest BCUT2D eigenvalue weighted by molar-refractivity contribution is -0.136. The number of thiophene rings is 1. The molecular formula is C11H17NO4S2. The minimum Gasteiger partial charge on any atom is -0.481 e. The van der Waals surface area contributed by atoms with E-state index >= 15 is 0 Å². The van der Waals surface area contributed by atoms with Gasteiger partial charge in [-0.25, -0.2) is 13.1 Å². The smallest absolute Gasteiger partial charge is 0.308 e. The number of hydrogen-bond acceptors (Lipinski definition) is 4. The van der Waals surface area contributed by atoms with Crippen molar-refractivity contribution in [3.8, 4) is 0 Å². The maximum Gasteiger partial charge on any atom is 0.308 e. The van der Waals surface area contributed by atoms with Crippen molar-refractivity contribution in [3.63, 3.8) is 0 Å². The maximum absolute atomic E-state index is 11.8. The lowest BCUT2D eigenvalue weighted by Gasteiger charge is -2.03. The normalized spacial score (nSPS) is 11.6. The Morgan fingerprint density at radius 1 is 1.39 bits per heavy atom. The standard InChI is InChI=1S/C11H17NO4S2/c1-2-3-4-7-12-18(15,16)11-6-5-9(17-11)8-10(13)14/h5-6,12H,2-4,7-8H2,1H3,(H,13,14). The summed E-state index contributed by atoms with van der Waals surface area (Å²) in [6.45, 7) is 2.47. The maximum atomic E-state index is 11.8. The fourth-order valence-corrected chi connectivity index (χ4v) is 3.86. The minimum atomic E-state index is -3.48. The van der Waals surface area contributed by atoms with E-state index in [1.807, 2.05) is 6.92 Å². The Morgan fingerprint density at radius 3 is 2.72 bits per heavy atom. The zero-order valence-corrected chi connectivity index (χ0v) is 11.8. The molecule has 2 N–H and O–H groups in total. The highest BCUT2D eigenvalue weighted by Crippen LogP contribution is 2.21. The second-order valence-corrected chi connectivity index (χ2v) is 7.06. The molecule has 0 spiro atoms. The molecule has 1 aromatic rings. The molecule has 0 atom stereocenters. The van der Waals surface area contributed by atoms with Crippen molar-refractivity contribution in [2.45, 2.75) is 36.8 Å². The number of sulfonamides is 1. The van der Waals surface area contributed by atoms with E-state index < -0.39 is 16.0 Å². The van der Waals surface area contributed by atoms with Crippen LogP contribution >= 0.6 is 11.3 Å². The Labute approximate surface area is 111 Å². The summed E-state index contributed by atoms with van der Waals surface area (Å²) in [5.74, 6) is -0.961. The van der Waals surface area contributed by atoms with Crippen LogP contribution in [-0.4, -0.2) is 26.0 Å². The third-order valence-corrected chi connectivity index (χ3v) is 5.34. The molecule has 0 aliphatic carbocycles. The Bertz CT molecular complexity index is 493. The number of carbonyl (C=O) groups is 1. The minimum absolute atomic E-state index is 0.143. The van der Waals surface area contributed by atoms with E-state index in [-0.39, 0.29) is 10.6 Å². The molecule has 0 fully saturated rings. The molecule has 1 aromatic heterocycles. The zero-order chi connectivity index (χ0) is 13.6. The molecule has 18 heavy (non-hydrogen) atoms. The van der Waals surface area contributed by atoms with Crippen molar-refractivity contribution in [3.05, 3.63) is 17.0 Å². The summed E-state index contributed by atoms with van der Waals surface area (Å²) in [5, 5.41) is 8.62. The van der Waals surface area contributed by atoms with Crippen LogP contribution in [0.2, 0.25) is 0 Å². The first kappa shape index (κ1) is 15.1. The van der Waals surface area contributed by atoms with Crippen molar-refractivity contribution >= 4 is 27.3 Å². The molecular weight excluding hydrogens is 274 g/mol. The van der Waals surface area contributed by atoms with Crippen LogP contribution in [0.15, 0.2) is 16.3 Å². The Morgan fingerprint density at radius 2 is 2.11 bits per heavy atom. The van der Waals surface area contributed by atoms with Crippen LogP contribution in [0, 0.1) is 0 Å². The Hall–Kier alpha value is -0.920. The number of aliphatic carboxylic acids is 1. The van der Waals surface area contributed by atoms with Gasteiger partial charge in [0.15, 0.2) is 0 Å². The molecule has 0 saturated heterocycles. The third kappa shape index (κ3) is 4.75. The van der Waals surface area contributed by atoms with Crippen LogP contribution in [-0.2, 0) is 21.2 Å². The van der Waals surface area contributed by atoms with Crippen molar-refractivity contribution < 1.29 is 18.3 Å². The molecule has 7 heteroatoms. The number of nitrogens with one attached hydrogen (secondary N) is 1. The van der Waals surface area contributed by atoms with E-state index in [9.17, 15) is 13.2 Å². The van der Waals surface area contributed by atoms with Gasteiger partial charge >= 0.3 is 5.97 Å². The molecule has 0 aromatic carbocycles. The summed E-state index contributed by atoms with van der Waals surface area (Å²) in [6, 6.07) is 2.99. The van der Waals surface area contributed by atoms with Gasteiger partial charge in [0.25, 0.3) is 0 Å². The highest BCUT2D eigenvalue weighted by atomic mass is 32.2. The van der Waals surface area contributed by atoms with Crippen LogP contribution in [0.25, 0.3) is 0 Å². The average Bonchev–Trinajstić information content (AvgIpc) is 2.73. The average molecular weight is 291 g/mol. The van der Waals surface area contributed by atoms with Gasteiger partial charge in [-0.15, -0.1) is 11.3 Å². The van der Waals surface area contributed by atoms with Gasteiger partial charge in [0.1, 0.15) is 4.21 Å². The van der Waals surface area contributed by atoms with Gasteiger partial charge in [0.2, 0.25) is 10.0 Å². The third-order valence-electron chi connectivity index (χ3n) is 2.30. The second kappa shape index (κ2) is 6.86. The summed E-state index contributed by atoms with van der Waals surface area (Å²) >= 11 is 1.00. The Kier molecular flexibility index (Phi) is 5.77. The lowest BCUT2D eigenvalue weighted by atomic mass is 10.3. The molecule has 5 nitrogen and oxygen atoms in total. The fraction of sp³-hybridized carbons (Fsp3) is 0.545. The van der Waals surface area contributed by atoms with Gasteiger partial charge in [0, 0.05) is 11.4 Å². The van der Waals surface area contributed by atoms with Crippen LogP contribution in [0.3, 0.4) is 0 Å². The number of hydrogen-bond donors (Lipinski definition) is 2. The quantitative estimate of drug-likeness (QED) is 0.716. The van der Waals surface area contributed by atoms with Gasteiger partial charge in [-0.05, 0) is 18.6 Å². The van der Waals surface area contributed by atoms with Gasteiger partial charge in [-0.1, -0.05) is 19.8 Å². The molecule has 0 unspecified atom stereocenters. The molecule has 0 bridgehead atoms. The van der Waals surface area contributed by atoms with Crippen molar-refractivity contribution in [1.82, 2.24) is 4.72 Å². The van der Waals surface area contributed by atoms with E-state index in [2.05, 4.69) is 4.72 Å². The molecule has 102 valence electrons. The van der Waals surface area contributed by atoms with Crippen LogP contribution in [0.1, 0.15) is 31.1 Å². The highest BCUT2D eigenvalue weighted by Gasteiger charge is 2.16. The van der Waals surface area contributed by atoms with Gasteiger partial charge < -0.3 is 5.11 Å². The van der Waals surface area contributed by atoms with Crippen LogP contribution in [0.4, 0.5) is 0 Å². The first-order valence-corrected chi connectivity index (χ1v) is 8.06. The lowest BCUT2D eigenvalue weighted by Crippen LogP contribution is -2.23. The Balaban J connectivity index is 2.61. The van der Waals surface area contributed by atoms with Crippen molar-refractivity contribution in [2.24, 2.45) is 0 Å². The second-order valence-electron chi connectivity index (χ2n) is 3.90. The number of carboxylic acid groups (broad SMARTS) is 1. The predicted octanol–water partition coefficient (Wildman–Crippen LogP) is 1.84. The summed E-state index contributed by atoms with van der Waals surface area (Å²) in [7, 11) is -3.48. The van der Waals surface area contributed by atoms with Crippen molar-refractivity contribution in [1.29, 1.82) is 0 Å². The van der Waals surface area contributed by atoms with Gasteiger partial charge in [0.05, 0.1) is 6.42 Å². The molecule has 0 saturated carbocycles. The van der Waals surface area contributed by atoms with Gasteiger partial charge in [-0.2, -0.15) is 0 Å². The molecule has 1 heterocycles. The van der Waals surface area contributed by atoms with E-state index in [0.29, 0.717) is 11.4 Å². The molecule has 0 radical (unpaired) electrons. The topological polar surface area (TPSA) is 83.5 Å². The van der Waals surface area contributed by atoms with E-state index in [4.69, 9.17) is 5.11 Å². The zero-order valence-electron chi connectivity index (χ0n) is 10.2.